The van der Waals surface area contributed by atoms with Crippen LogP contribution in [-0.4, -0.2) is 25.8 Å². The molecule has 0 aliphatic carbocycles. The predicted molar refractivity (Wildman–Crippen MR) is 76.3 cm³/mol. The first-order valence-electron chi connectivity index (χ1n) is 6.74. The van der Waals surface area contributed by atoms with E-state index < -0.39 is 0 Å². The number of rotatable bonds is 4. The maximum absolute atomic E-state index is 6.30. The lowest BCUT2D eigenvalue weighted by atomic mass is 9.96. The van der Waals surface area contributed by atoms with Crippen LogP contribution in [0.4, 0.5) is 0 Å². The highest BCUT2D eigenvalue weighted by Crippen LogP contribution is 2.23. The first kappa shape index (κ1) is 13.9. The van der Waals surface area contributed by atoms with Crippen molar-refractivity contribution in [2.24, 2.45) is 0 Å². The average molecular weight is 268 g/mol. The van der Waals surface area contributed by atoms with Gasteiger partial charge in [0.2, 0.25) is 0 Å². The molecule has 1 saturated heterocycles. The van der Waals surface area contributed by atoms with Crippen molar-refractivity contribution in [2.75, 3.05) is 13.7 Å². The van der Waals surface area contributed by atoms with Gasteiger partial charge in [-0.15, -0.1) is 0 Å². The number of benzene rings is 1. The molecule has 0 bridgehead atoms. The van der Waals surface area contributed by atoms with Gasteiger partial charge in [0.25, 0.3) is 0 Å². The number of ether oxygens (including phenoxy) is 1. The van der Waals surface area contributed by atoms with Crippen molar-refractivity contribution in [1.82, 2.24) is 5.32 Å². The first-order valence-corrected chi connectivity index (χ1v) is 7.12. The number of likely N-dealkylation sites (N-methyl/N-ethyl adjacent to an activating group) is 1. The van der Waals surface area contributed by atoms with Gasteiger partial charge in [-0.1, -0.05) is 23.7 Å². The van der Waals surface area contributed by atoms with Crippen molar-refractivity contribution in [3.05, 3.63) is 34.3 Å². The van der Waals surface area contributed by atoms with E-state index in [-0.39, 0.29) is 0 Å². The SMILES string of the molecule is CNC(Cc1ccc(C)cc1Cl)C1CCCCO1. The fourth-order valence-electron chi connectivity index (χ4n) is 2.56. The highest BCUT2D eigenvalue weighted by atomic mass is 35.5. The number of halogens is 1. The molecule has 18 heavy (non-hydrogen) atoms. The zero-order chi connectivity index (χ0) is 13.0. The van der Waals surface area contributed by atoms with Crippen LogP contribution in [0.1, 0.15) is 30.4 Å². The van der Waals surface area contributed by atoms with Gasteiger partial charge in [-0.25, -0.2) is 0 Å². The minimum Gasteiger partial charge on any atom is -0.377 e. The molecule has 1 aromatic carbocycles. The van der Waals surface area contributed by atoms with Crippen molar-refractivity contribution < 1.29 is 4.74 Å². The number of aryl methyl sites for hydroxylation is 1. The van der Waals surface area contributed by atoms with E-state index in [0.29, 0.717) is 12.1 Å². The van der Waals surface area contributed by atoms with Gasteiger partial charge in [0.1, 0.15) is 0 Å². The molecule has 0 amide bonds. The van der Waals surface area contributed by atoms with Crippen LogP contribution in [0.2, 0.25) is 5.02 Å². The van der Waals surface area contributed by atoms with Gasteiger partial charge in [-0.2, -0.15) is 0 Å². The molecular formula is C15H22ClNO. The van der Waals surface area contributed by atoms with Gasteiger partial charge in [-0.3, -0.25) is 0 Å². The van der Waals surface area contributed by atoms with E-state index in [1.165, 1.54) is 24.0 Å². The van der Waals surface area contributed by atoms with Crippen LogP contribution in [0.3, 0.4) is 0 Å². The van der Waals surface area contributed by atoms with E-state index >= 15 is 0 Å². The van der Waals surface area contributed by atoms with E-state index in [1.807, 2.05) is 13.1 Å². The average Bonchev–Trinajstić information content (AvgIpc) is 2.39. The van der Waals surface area contributed by atoms with Gasteiger partial charge in [0, 0.05) is 17.7 Å². The Balaban J connectivity index is 2.04. The molecule has 1 aliphatic rings. The summed E-state index contributed by atoms with van der Waals surface area (Å²) in [6.45, 7) is 2.96. The standard InChI is InChI=1S/C15H22ClNO/c1-11-6-7-12(13(16)9-11)10-14(17-2)15-5-3-4-8-18-15/h6-7,9,14-15,17H,3-5,8,10H2,1-2H3. The molecule has 3 heteroatoms. The summed E-state index contributed by atoms with van der Waals surface area (Å²) < 4.78 is 5.86. The van der Waals surface area contributed by atoms with Crippen LogP contribution < -0.4 is 5.32 Å². The molecule has 0 aromatic heterocycles. The lowest BCUT2D eigenvalue weighted by Crippen LogP contribution is -2.42. The van der Waals surface area contributed by atoms with Crippen LogP contribution in [0.25, 0.3) is 0 Å². The van der Waals surface area contributed by atoms with Crippen molar-refractivity contribution in [3.8, 4) is 0 Å². The van der Waals surface area contributed by atoms with Crippen molar-refractivity contribution >= 4 is 11.6 Å². The molecule has 2 unspecified atom stereocenters. The number of nitrogens with one attached hydrogen (secondary N) is 1. The monoisotopic (exact) mass is 267 g/mol. The molecule has 1 fully saturated rings. The quantitative estimate of drug-likeness (QED) is 0.903. The smallest absolute Gasteiger partial charge is 0.0731 e. The van der Waals surface area contributed by atoms with Crippen molar-refractivity contribution in [1.29, 1.82) is 0 Å². The fraction of sp³-hybridized carbons (Fsp3) is 0.600. The topological polar surface area (TPSA) is 21.3 Å². The van der Waals surface area contributed by atoms with E-state index in [9.17, 15) is 0 Å². The second-order valence-corrected chi connectivity index (χ2v) is 5.51. The van der Waals surface area contributed by atoms with E-state index in [2.05, 4.69) is 24.4 Å². The molecule has 2 rings (SSSR count). The van der Waals surface area contributed by atoms with Gasteiger partial charge in [0.05, 0.1) is 6.10 Å². The molecule has 2 nitrogen and oxygen atoms in total. The minimum atomic E-state index is 0.320. The Morgan fingerprint density at radius 2 is 2.28 bits per heavy atom. The summed E-state index contributed by atoms with van der Waals surface area (Å²) in [5, 5.41) is 4.25. The van der Waals surface area contributed by atoms with E-state index in [0.717, 1.165) is 24.5 Å². The second-order valence-electron chi connectivity index (χ2n) is 5.10. The summed E-state index contributed by atoms with van der Waals surface area (Å²) in [4.78, 5) is 0. The Morgan fingerprint density at radius 3 is 2.89 bits per heavy atom. The van der Waals surface area contributed by atoms with Crippen molar-refractivity contribution in [3.63, 3.8) is 0 Å². The third-order valence-corrected chi connectivity index (χ3v) is 4.03. The summed E-state index contributed by atoms with van der Waals surface area (Å²) in [6.07, 6.45) is 4.86. The maximum atomic E-state index is 6.30. The minimum absolute atomic E-state index is 0.320. The maximum Gasteiger partial charge on any atom is 0.0731 e. The van der Waals surface area contributed by atoms with Crippen LogP contribution in [0.5, 0.6) is 0 Å². The Morgan fingerprint density at radius 1 is 1.44 bits per heavy atom. The normalized spacial score (nSPS) is 21.8. The molecule has 100 valence electrons. The van der Waals surface area contributed by atoms with Gasteiger partial charge in [-0.05, 0) is 56.8 Å². The largest absolute Gasteiger partial charge is 0.377 e. The predicted octanol–water partition coefficient (Wildman–Crippen LogP) is 3.35. The van der Waals surface area contributed by atoms with Crippen molar-refractivity contribution in [2.45, 2.75) is 44.8 Å². The van der Waals surface area contributed by atoms with E-state index in [1.54, 1.807) is 0 Å². The number of hydrogen-bond donors (Lipinski definition) is 1. The van der Waals surface area contributed by atoms with Gasteiger partial charge >= 0.3 is 0 Å². The molecule has 2 atom stereocenters. The summed E-state index contributed by atoms with van der Waals surface area (Å²) in [5.74, 6) is 0. The second kappa shape index (κ2) is 6.55. The van der Waals surface area contributed by atoms with E-state index in [4.69, 9.17) is 16.3 Å². The summed E-state index contributed by atoms with van der Waals surface area (Å²) in [5.41, 5.74) is 2.41. The zero-order valence-corrected chi connectivity index (χ0v) is 12.0. The molecule has 1 N–H and O–H groups in total. The first-order chi connectivity index (χ1) is 8.70. The van der Waals surface area contributed by atoms with Gasteiger partial charge in [0.15, 0.2) is 0 Å². The van der Waals surface area contributed by atoms with Crippen LogP contribution in [0.15, 0.2) is 18.2 Å². The zero-order valence-electron chi connectivity index (χ0n) is 11.2. The summed E-state index contributed by atoms with van der Waals surface area (Å²) >= 11 is 6.30. The Hall–Kier alpha value is -0.570. The Kier molecular flexibility index (Phi) is 5.04. The van der Waals surface area contributed by atoms with Crippen LogP contribution in [0, 0.1) is 6.92 Å². The fourth-order valence-corrected chi connectivity index (χ4v) is 2.87. The molecule has 1 aliphatic heterocycles. The summed E-state index contributed by atoms with van der Waals surface area (Å²) in [6, 6.07) is 6.64. The molecule has 1 aromatic rings. The highest BCUT2D eigenvalue weighted by molar-refractivity contribution is 6.31. The molecule has 0 saturated carbocycles. The lowest BCUT2D eigenvalue weighted by Gasteiger charge is -2.30. The Labute approximate surface area is 115 Å². The third-order valence-electron chi connectivity index (χ3n) is 3.68. The molecule has 1 heterocycles. The highest BCUT2D eigenvalue weighted by Gasteiger charge is 2.23. The summed E-state index contributed by atoms with van der Waals surface area (Å²) in [7, 11) is 2.00. The molecule has 0 radical (unpaired) electrons. The number of hydrogen-bond acceptors (Lipinski definition) is 2. The molecular weight excluding hydrogens is 246 g/mol. The molecule has 0 spiro atoms. The van der Waals surface area contributed by atoms with Gasteiger partial charge < -0.3 is 10.1 Å². The lowest BCUT2D eigenvalue weighted by molar-refractivity contribution is -0.00586. The van der Waals surface area contributed by atoms with Crippen LogP contribution >= 0.6 is 11.6 Å². The third kappa shape index (κ3) is 3.47. The Bertz CT molecular complexity index is 388. The van der Waals surface area contributed by atoms with Crippen LogP contribution in [-0.2, 0) is 11.2 Å².